The molecule has 96 valence electrons. The van der Waals surface area contributed by atoms with Crippen LogP contribution in [-0.2, 0) is 16.7 Å². The van der Waals surface area contributed by atoms with Crippen molar-refractivity contribution in [2.24, 2.45) is 0 Å². The molecular formula is C12H14NO4S+. The highest BCUT2D eigenvalue weighted by molar-refractivity contribution is 7.85. The van der Waals surface area contributed by atoms with E-state index < -0.39 is 10.1 Å². The average molecular weight is 268 g/mol. The minimum atomic E-state index is -3.92. The first kappa shape index (κ1) is 12.8. The summed E-state index contributed by atoms with van der Waals surface area (Å²) in [6.45, 7) is 0.459. The van der Waals surface area contributed by atoms with E-state index in [0.717, 1.165) is 10.9 Å². The Morgan fingerprint density at radius 1 is 1.22 bits per heavy atom. The van der Waals surface area contributed by atoms with Crippen LogP contribution >= 0.6 is 0 Å². The van der Waals surface area contributed by atoms with Crippen LogP contribution in [0.2, 0.25) is 0 Å². The van der Waals surface area contributed by atoms with Gasteiger partial charge in [-0.1, -0.05) is 0 Å². The van der Waals surface area contributed by atoms with Gasteiger partial charge < -0.3 is 5.11 Å². The van der Waals surface area contributed by atoms with Crippen LogP contribution in [0.25, 0.3) is 10.9 Å². The third-order valence-electron chi connectivity index (χ3n) is 2.67. The number of aryl methyl sites for hydroxylation is 1. The van der Waals surface area contributed by atoms with Crippen molar-refractivity contribution in [2.45, 2.75) is 13.0 Å². The van der Waals surface area contributed by atoms with Crippen molar-refractivity contribution in [3.8, 4) is 5.75 Å². The maximum Gasteiger partial charge on any atom is 0.265 e. The molecule has 5 nitrogen and oxygen atoms in total. The van der Waals surface area contributed by atoms with Crippen molar-refractivity contribution in [3.05, 3.63) is 36.5 Å². The number of fused-ring (bicyclic) bond motifs is 1. The summed E-state index contributed by atoms with van der Waals surface area (Å²) in [5, 5.41) is 10.4. The molecule has 0 amide bonds. The minimum absolute atomic E-state index is 0.164. The van der Waals surface area contributed by atoms with Gasteiger partial charge in [0.25, 0.3) is 10.1 Å². The second kappa shape index (κ2) is 4.91. The fourth-order valence-electron chi connectivity index (χ4n) is 1.86. The van der Waals surface area contributed by atoms with Crippen LogP contribution in [0, 0.1) is 0 Å². The molecule has 1 heterocycles. The van der Waals surface area contributed by atoms with E-state index in [9.17, 15) is 13.5 Å². The summed E-state index contributed by atoms with van der Waals surface area (Å²) < 4.78 is 31.8. The SMILES string of the molecule is O=S(=O)(O)CCC[n+]1cccc2ccc(O)cc21. The maximum atomic E-state index is 10.6. The van der Waals surface area contributed by atoms with Gasteiger partial charge in [-0.2, -0.15) is 13.0 Å². The molecule has 1 aromatic heterocycles. The lowest BCUT2D eigenvalue weighted by molar-refractivity contribution is -0.671. The van der Waals surface area contributed by atoms with E-state index in [1.54, 1.807) is 18.2 Å². The number of hydrogen-bond acceptors (Lipinski definition) is 3. The molecule has 2 aromatic rings. The molecule has 2 N–H and O–H groups in total. The Kier molecular flexibility index (Phi) is 3.49. The third kappa shape index (κ3) is 3.18. The molecule has 0 aliphatic heterocycles. The van der Waals surface area contributed by atoms with Gasteiger partial charge in [-0.3, -0.25) is 4.55 Å². The molecule has 0 unspecified atom stereocenters. The van der Waals surface area contributed by atoms with Gasteiger partial charge in [0.1, 0.15) is 12.3 Å². The minimum Gasteiger partial charge on any atom is -0.508 e. The number of rotatable bonds is 4. The third-order valence-corrected chi connectivity index (χ3v) is 3.47. The summed E-state index contributed by atoms with van der Waals surface area (Å²) >= 11 is 0. The Bertz CT molecular complexity index is 667. The van der Waals surface area contributed by atoms with E-state index >= 15 is 0 Å². The van der Waals surface area contributed by atoms with Crippen molar-refractivity contribution in [1.82, 2.24) is 0 Å². The van der Waals surface area contributed by atoms with E-state index in [1.807, 2.05) is 22.9 Å². The van der Waals surface area contributed by atoms with Gasteiger partial charge in [-0.15, -0.1) is 0 Å². The number of hydrogen-bond donors (Lipinski definition) is 2. The second-order valence-electron chi connectivity index (χ2n) is 4.08. The number of pyridine rings is 1. The van der Waals surface area contributed by atoms with Crippen molar-refractivity contribution >= 4 is 21.0 Å². The smallest absolute Gasteiger partial charge is 0.265 e. The fraction of sp³-hybridized carbons (Fsp3) is 0.250. The summed E-state index contributed by atoms with van der Waals surface area (Å²) in [6.07, 6.45) is 2.13. The molecule has 6 heteroatoms. The van der Waals surface area contributed by atoms with Gasteiger partial charge in [-0.25, -0.2) is 0 Å². The van der Waals surface area contributed by atoms with Gasteiger partial charge in [0.2, 0.25) is 5.52 Å². The molecule has 0 saturated carbocycles. The van der Waals surface area contributed by atoms with Gasteiger partial charge in [0.05, 0.1) is 11.8 Å². The van der Waals surface area contributed by atoms with Crippen LogP contribution < -0.4 is 4.57 Å². The van der Waals surface area contributed by atoms with E-state index in [-0.39, 0.29) is 11.5 Å². The number of phenolic OH excluding ortho intramolecular Hbond substituents is 1. The predicted octanol–water partition coefficient (Wildman–Crippen LogP) is 1.11. The molecule has 2 rings (SSSR count). The standard InChI is InChI=1S/C12H13NO4S/c14-11-5-4-10-3-1-6-13(12(10)9-11)7-2-8-18(15,16)17/h1,3-6,9H,2,7-8H2,(H,15,16,17)/p+1. The molecule has 18 heavy (non-hydrogen) atoms. The monoisotopic (exact) mass is 268 g/mol. The van der Waals surface area contributed by atoms with Gasteiger partial charge in [0.15, 0.2) is 6.20 Å². The van der Waals surface area contributed by atoms with Crippen LogP contribution in [0.15, 0.2) is 36.5 Å². The maximum absolute atomic E-state index is 10.6. The molecule has 0 radical (unpaired) electrons. The van der Waals surface area contributed by atoms with Crippen LogP contribution in [0.4, 0.5) is 0 Å². The van der Waals surface area contributed by atoms with E-state index in [0.29, 0.717) is 13.0 Å². The number of aromatic nitrogens is 1. The number of aromatic hydroxyl groups is 1. The normalized spacial score (nSPS) is 11.8. The summed E-state index contributed by atoms with van der Waals surface area (Å²) in [7, 11) is -3.92. The van der Waals surface area contributed by atoms with Crippen LogP contribution in [0.1, 0.15) is 6.42 Å². The first-order valence-electron chi connectivity index (χ1n) is 5.52. The molecular weight excluding hydrogens is 254 g/mol. The highest BCUT2D eigenvalue weighted by Crippen LogP contribution is 2.16. The van der Waals surface area contributed by atoms with E-state index in [1.165, 1.54) is 0 Å². The zero-order chi connectivity index (χ0) is 13.2. The molecule has 0 fully saturated rings. The number of phenols is 1. The molecule has 0 aliphatic rings. The van der Waals surface area contributed by atoms with Crippen LogP contribution in [0.5, 0.6) is 5.75 Å². The quantitative estimate of drug-likeness (QED) is 0.643. The lowest BCUT2D eigenvalue weighted by atomic mass is 10.2. The lowest BCUT2D eigenvalue weighted by Crippen LogP contribution is -2.34. The molecule has 0 saturated heterocycles. The first-order chi connectivity index (χ1) is 8.46. The summed E-state index contributed by atoms with van der Waals surface area (Å²) in [5.41, 5.74) is 0.827. The van der Waals surface area contributed by atoms with Gasteiger partial charge in [-0.05, 0) is 18.2 Å². The first-order valence-corrected chi connectivity index (χ1v) is 7.13. The second-order valence-corrected chi connectivity index (χ2v) is 5.66. The number of benzene rings is 1. The Labute approximate surface area is 105 Å². The fourth-order valence-corrected chi connectivity index (χ4v) is 2.36. The van der Waals surface area contributed by atoms with Gasteiger partial charge >= 0.3 is 0 Å². The van der Waals surface area contributed by atoms with Crippen molar-refractivity contribution in [1.29, 1.82) is 0 Å². The van der Waals surface area contributed by atoms with Crippen LogP contribution in [0.3, 0.4) is 0 Å². The zero-order valence-electron chi connectivity index (χ0n) is 9.65. The average Bonchev–Trinajstić information content (AvgIpc) is 2.28. The molecule has 0 aliphatic carbocycles. The Hall–Kier alpha value is -1.66. The molecule has 0 atom stereocenters. The molecule has 0 bridgehead atoms. The lowest BCUT2D eigenvalue weighted by Gasteiger charge is -2.01. The Balaban J connectivity index is 2.25. The number of nitrogens with zero attached hydrogens (tertiary/aromatic N) is 1. The highest BCUT2D eigenvalue weighted by atomic mass is 32.2. The zero-order valence-corrected chi connectivity index (χ0v) is 10.5. The summed E-state index contributed by atoms with van der Waals surface area (Å²) in [4.78, 5) is 0. The van der Waals surface area contributed by atoms with Crippen molar-refractivity contribution < 1.29 is 22.6 Å². The Morgan fingerprint density at radius 3 is 2.72 bits per heavy atom. The summed E-state index contributed by atoms with van der Waals surface area (Å²) in [6, 6.07) is 8.79. The predicted molar refractivity (Wildman–Crippen MR) is 66.8 cm³/mol. The molecule has 1 aromatic carbocycles. The van der Waals surface area contributed by atoms with E-state index in [4.69, 9.17) is 4.55 Å². The topological polar surface area (TPSA) is 78.5 Å². The largest absolute Gasteiger partial charge is 0.508 e. The van der Waals surface area contributed by atoms with Gasteiger partial charge in [0, 0.05) is 17.9 Å². The molecule has 0 spiro atoms. The summed E-state index contributed by atoms with van der Waals surface area (Å²) in [5.74, 6) is -0.105. The highest BCUT2D eigenvalue weighted by Gasteiger charge is 2.11. The van der Waals surface area contributed by atoms with E-state index in [2.05, 4.69) is 0 Å². The van der Waals surface area contributed by atoms with Crippen LogP contribution in [-0.4, -0.2) is 23.8 Å². The van der Waals surface area contributed by atoms with Crippen molar-refractivity contribution in [2.75, 3.05) is 5.75 Å². The van der Waals surface area contributed by atoms with Crippen molar-refractivity contribution in [3.63, 3.8) is 0 Å². The Morgan fingerprint density at radius 2 is 2.00 bits per heavy atom.